The van der Waals surface area contributed by atoms with Crippen molar-refractivity contribution in [2.75, 3.05) is 16.8 Å². The van der Waals surface area contributed by atoms with Gasteiger partial charge in [-0.05, 0) is 38.5 Å². The van der Waals surface area contributed by atoms with Gasteiger partial charge in [-0.3, -0.25) is 9.59 Å². The van der Waals surface area contributed by atoms with E-state index in [1.54, 1.807) is 6.07 Å². The Labute approximate surface area is 150 Å². The predicted molar refractivity (Wildman–Crippen MR) is 94.1 cm³/mol. The molecule has 1 fully saturated rings. The lowest BCUT2D eigenvalue weighted by Gasteiger charge is -2.25. The molecule has 0 bridgehead atoms. The molecule has 0 saturated carbocycles. The molecular formula is C15H18Cl2N2O4S. The summed E-state index contributed by atoms with van der Waals surface area (Å²) in [6.07, 6.45) is 0.353. The smallest absolute Gasteiger partial charge is 0.239 e. The minimum atomic E-state index is -3.11. The van der Waals surface area contributed by atoms with Gasteiger partial charge < -0.3 is 10.6 Å². The predicted octanol–water partition coefficient (Wildman–Crippen LogP) is 2.26. The van der Waals surface area contributed by atoms with E-state index in [2.05, 4.69) is 10.6 Å². The maximum absolute atomic E-state index is 12.4. The van der Waals surface area contributed by atoms with E-state index in [0.717, 1.165) is 0 Å². The number of amides is 2. The molecule has 1 aromatic rings. The van der Waals surface area contributed by atoms with Crippen LogP contribution in [-0.2, 0) is 19.4 Å². The second kappa shape index (κ2) is 6.90. The fraction of sp³-hybridized carbons (Fsp3) is 0.467. The summed E-state index contributed by atoms with van der Waals surface area (Å²) in [5, 5.41) is 5.90. The maximum Gasteiger partial charge on any atom is 0.239 e. The lowest BCUT2D eigenvalue weighted by molar-refractivity contribution is -0.138. The third-order valence-electron chi connectivity index (χ3n) is 3.88. The molecule has 1 atom stereocenters. The average Bonchev–Trinajstić information content (AvgIpc) is 2.81. The third kappa shape index (κ3) is 4.40. The molecule has 132 valence electrons. The fourth-order valence-corrected chi connectivity index (χ4v) is 4.26. The van der Waals surface area contributed by atoms with Crippen molar-refractivity contribution in [3.05, 3.63) is 28.2 Å². The van der Waals surface area contributed by atoms with Crippen molar-refractivity contribution < 1.29 is 18.0 Å². The highest BCUT2D eigenvalue weighted by atomic mass is 35.5. The molecule has 0 spiro atoms. The molecule has 0 aromatic heterocycles. The second-order valence-electron chi connectivity index (χ2n) is 6.28. The van der Waals surface area contributed by atoms with E-state index >= 15 is 0 Å². The van der Waals surface area contributed by atoms with Crippen molar-refractivity contribution >= 4 is 50.5 Å². The normalized spacial score (nSPS) is 19.8. The molecule has 6 nitrogen and oxygen atoms in total. The zero-order valence-corrected chi connectivity index (χ0v) is 15.6. The Hall–Kier alpha value is -1.31. The van der Waals surface area contributed by atoms with E-state index in [-0.39, 0.29) is 11.5 Å². The highest BCUT2D eigenvalue weighted by Gasteiger charge is 2.39. The van der Waals surface area contributed by atoms with E-state index in [0.29, 0.717) is 22.2 Å². The summed E-state index contributed by atoms with van der Waals surface area (Å²) < 4.78 is 22.9. The lowest BCUT2D eigenvalue weighted by atomic mass is 9.90. The van der Waals surface area contributed by atoms with Crippen molar-refractivity contribution in [2.24, 2.45) is 5.41 Å². The summed E-state index contributed by atoms with van der Waals surface area (Å²) in [6, 6.07) is 4.14. The Bertz CT molecular complexity index is 778. The molecule has 1 heterocycles. The van der Waals surface area contributed by atoms with Gasteiger partial charge >= 0.3 is 0 Å². The van der Waals surface area contributed by atoms with Crippen LogP contribution in [0.1, 0.15) is 20.3 Å². The number of carbonyl (C=O) groups excluding carboxylic acids is 2. The summed E-state index contributed by atoms with van der Waals surface area (Å²) in [7, 11) is -3.11. The first-order chi connectivity index (χ1) is 11.0. The number of anilines is 1. The van der Waals surface area contributed by atoms with E-state index < -0.39 is 33.1 Å². The first-order valence-corrected chi connectivity index (χ1v) is 9.87. The standard InChI is InChI=1S/C15H18Cl2N2O4S/c1-15(2,13(20)18-10-5-6-24(22,23)8-10)14(21)19-12-7-9(16)3-4-11(12)17/h3-4,7,10H,5-6,8H2,1-2H3,(H,18,20)(H,19,21). The van der Waals surface area contributed by atoms with Crippen LogP contribution in [0.3, 0.4) is 0 Å². The Balaban J connectivity index is 2.06. The van der Waals surface area contributed by atoms with Crippen molar-refractivity contribution in [3.8, 4) is 0 Å². The topological polar surface area (TPSA) is 92.3 Å². The van der Waals surface area contributed by atoms with Crippen LogP contribution < -0.4 is 10.6 Å². The first kappa shape index (κ1) is 19.0. The van der Waals surface area contributed by atoms with Gasteiger partial charge in [-0.2, -0.15) is 0 Å². The maximum atomic E-state index is 12.4. The molecule has 1 unspecified atom stereocenters. The molecule has 2 amide bonds. The minimum absolute atomic E-state index is 0.0443. The zero-order valence-electron chi connectivity index (χ0n) is 13.2. The van der Waals surface area contributed by atoms with Crippen molar-refractivity contribution in [2.45, 2.75) is 26.3 Å². The Morgan fingerprint density at radius 2 is 1.88 bits per heavy atom. The summed E-state index contributed by atoms with van der Waals surface area (Å²) in [5.74, 6) is -1.16. The Morgan fingerprint density at radius 1 is 1.21 bits per heavy atom. The van der Waals surface area contributed by atoms with Crippen molar-refractivity contribution in [3.63, 3.8) is 0 Å². The Kier molecular flexibility index (Phi) is 5.47. The molecule has 24 heavy (non-hydrogen) atoms. The van der Waals surface area contributed by atoms with Crippen molar-refractivity contribution in [1.82, 2.24) is 5.32 Å². The monoisotopic (exact) mass is 392 g/mol. The van der Waals surface area contributed by atoms with Crippen LogP contribution in [0, 0.1) is 5.41 Å². The molecular weight excluding hydrogens is 375 g/mol. The molecule has 1 aromatic carbocycles. The number of rotatable bonds is 4. The minimum Gasteiger partial charge on any atom is -0.351 e. The molecule has 1 aliphatic rings. The van der Waals surface area contributed by atoms with Gasteiger partial charge in [-0.25, -0.2) is 8.42 Å². The van der Waals surface area contributed by atoms with Crippen LogP contribution in [0.2, 0.25) is 10.0 Å². The molecule has 0 radical (unpaired) electrons. The molecule has 1 saturated heterocycles. The number of hydrogen-bond donors (Lipinski definition) is 2. The quantitative estimate of drug-likeness (QED) is 0.768. The summed E-state index contributed by atoms with van der Waals surface area (Å²) in [5.41, 5.74) is -1.10. The van der Waals surface area contributed by atoms with Crippen LogP contribution in [0.4, 0.5) is 5.69 Å². The van der Waals surface area contributed by atoms with Crippen LogP contribution in [0.25, 0.3) is 0 Å². The highest BCUT2D eigenvalue weighted by Crippen LogP contribution is 2.28. The van der Waals surface area contributed by atoms with Gasteiger partial charge in [-0.15, -0.1) is 0 Å². The van der Waals surface area contributed by atoms with Gasteiger partial charge in [0.1, 0.15) is 5.41 Å². The van der Waals surface area contributed by atoms with E-state index in [4.69, 9.17) is 23.2 Å². The molecule has 9 heteroatoms. The SMILES string of the molecule is CC(C)(C(=O)Nc1cc(Cl)ccc1Cl)C(=O)NC1CCS(=O)(=O)C1. The van der Waals surface area contributed by atoms with Crippen molar-refractivity contribution in [1.29, 1.82) is 0 Å². The van der Waals surface area contributed by atoms with Crippen LogP contribution in [0.15, 0.2) is 18.2 Å². The van der Waals surface area contributed by atoms with E-state index in [1.807, 2.05) is 0 Å². The Morgan fingerprint density at radius 3 is 2.46 bits per heavy atom. The number of nitrogens with one attached hydrogen (secondary N) is 2. The summed E-state index contributed by atoms with van der Waals surface area (Å²) in [6.45, 7) is 2.92. The van der Waals surface area contributed by atoms with Crippen LogP contribution >= 0.6 is 23.2 Å². The zero-order chi connectivity index (χ0) is 18.1. The van der Waals surface area contributed by atoms with Gasteiger partial charge in [0.25, 0.3) is 0 Å². The second-order valence-corrected chi connectivity index (χ2v) is 9.35. The number of benzene rings is 1. The number of halogens is 2. The fourth-order valence-electron chi connectivity index (χ4n) is 2.25. The van der Waals surface area contributed by atoms with Gasteiger partial charge in [0.2, 0.25) is 11.8 Å². The van der Waals surface area contributed by atoms with Gasteiger partial charge in [-0.1, -0.05) is 23.2 Å². The number of sulfone groups is 1. The van der Waals surface area contributed by atoms with Crippen LogP contribution in [0.5, 0.6) is 0 Å². The first-order valence-electron chi connectivity index (χ1n) is 7.29. The molecule has 0 aliphatic carbocycles. The van der Waals surface area contributed by atoms with E-state index in [1.165, 1.54) is 26.0 Å². The summed E-state index contributed by atoms with van der Waals surface area (Å²) >= 11 is 11.9. The number of hydrogen-bond acceptors (Lipinski definition) is 4. The average molecular weight is 393 g/mol. The third-order valence-corrected chi connectivity index (χ3v) is 6.21. The summed E-state index contributed by atoms with van der Waals surface area (Å²) in [4.78, 5) is 24.8. The largest absolute Gasteiger partial charge is 0.351 e. The van der Waals surface area contributed by atoms with E-state index in [9.17, 15) is 18.0 Å². The highest BCUT2D eigenvalue weighted by molar-refractivity contribution is 7.91. The number of carbonyl (C=O) groups is 2. The van der Waals surface area contributed by atoms with Gasteiger partial charge in [0.15, 0.2) is 9.84 Å². The lowest BCUT2D eigenvalue weighted by Crippen LogP contribution is -2.48. The molecule has 2 N–H and O–H groups in total. The van der Waals surface area contributed by atoms with Gasteiger partial charge in [0, 0.05) is 11.1 Å². The molecule has 2 rings (SSSR count). The molecule has 1 aliphatic heterocycles. The van der Waals surface area contributed by atoms with Crippen LogP contribution in [-0.4, -0.2) is 37.8 Å². The van der Waals surface area contributed by atoms with Gasteiger partial charge in [0.05, 0.1) is 22.2 Å².